The first-order valence-corrected chi connectivity index (χ1v) is 8.49. The van der Waals surface area contributed by atoms with Crippen molar-refractivity contribution in [3.05, 3.63) is 53.6 Å². The van der Waals surface area contributed by atoms with Crippen LogP contribution >= 0.6 is 0 Å². The maximum absolute atomic E-state index is 12.2. The quantitative estimate of drug-likeness (QED) is 0.751. The van der Waals surface area contributed by atoms with E-state index in [0.717, 1.165) is 30.0 Å². The molecule has 0 saturated heterocycles. The fraction of sp³-hybridized carbons (Fsp3) is 0.300. The number of urea groups is 1. The van der Waals surface area contributed by atoms with Crippen LogP contribution in [-0.2, 0) is 0 Å². The van der Waals surface area contributed by atoms with Gasteiger partial charge in [-0.05, 0) is 75.7 Å². The number of benzene rings is 2. The summed E-state index contributed by atoms with van der Waals surface area (Å²) in [5.74, 6) is -0.0000755. The molecule has 2 N–H and O–H groups in total. The van der Waals surface area contributed by atoms with Gasteiger partial charge in [0.2, 0.25) is 0 Å². The highest BCUT2D eigenvalue weighted by atomic mass is 16.2. The minimum Gasteiger partial charge on any atom is -0.372 e. The standard InChI is InChI=1S/C20H25N3O2/c1-5-23(6-2)18-11-12-19(14(3)13-18)22-20(25)21-17-9-7-16(8-10-17)15(4)24/h7-13H,5-6H2,1-4H3,(H2,21,22,25). The van der Waals surface area contributed by atoms with Gasteiger partial charge in [0.1, 0.15) is 0 Å². The largest absolute Gasteiger partial charge is 0.372 e. The van der Waals surface area contributed by atoms with Crippen LogP contribution in [0.5, 0.6) is 0 Å². The molecule has 0 aliphatic carbocycles. The van der Waals surface area contributed by atoms with Gasteiger partial charge in [0.25, 0.3) is 0 Å². The minimum atomic E-state index is -0.311. The predicted molar refractivity (Wildman–Crippen MR) is 104 cm³/mol. The lowest BCUT2D eigenvalue weighted by Gasteiger charge is -2.22. The number of aryl methyl sites for hydroxylation is 1. The summed E-state index contributed by atoms with van der Waals surface area (Å²) in [6.45, 7) is 9.62. The van der Waals surface area contributed by atoms with E-state index < -0.39 is 0 Å². The van der Waals surface area contributed by atoms with Crippen LogP contribution in [0.2, 0.25) is 0 Å². The molecule has 2 aromatic carbocycles. The topological polar surface area (TPSA) is 61.4 Å². The zero-order valence-corrected chi connectivity index (χ0v) is 15.2. The third-order valence-electron chi connectivity index (χ3n) is 4.14. The average Bonchev–Trinajstić information content (AvgIpc) is 2.58. The number of carbonyl (C=O) groups excluding carboxylic acids is 2. The zero-order chi connectivity index (χ0) is 18.4. The van der Waals surface area contributed by atoms with Crippen LogP contribution in [0.4, 0.5) is 21.9 Å². The normalized spacial score (nSPS) is 10.2. The van der Waals surface area contributed by atoms with E-state index in [1.807, 2.05) is 19.1 Å². The Balaban J connectivity index is 2.03. The van der Waals surface area contributed by atoms with Crippen LogP contribution in [0, 0.1) is 6.92 Å². The second-order valence-corrected chi connectivity index (χ2v) is 5.88. The van der Waals surface area contributed by atoms with Gasteiger partial charge in [0, 0.05) is 35.7 Å². The van der Waals surface area contributed by atoms with Gasteiger partial charge in [-0.25, -0.2) is 4.79 Å². The Labute approximate surface area is 149 Å². The summed E-state index contributed by atoms with van der Waals surface area (Å²) in [7, 11) is 0. The van der Waals surface area contributed by atoms with Gasteiger partial charge in [-0.15, -0.1) is 0 Å². The van der Waals surface area contributed by atoms with E-state index in [2.05, 4.69) is 35.4 Å². The van der Waals surface area contributed by atoms with Crippen molar-refractivity contribution in [3.63, 3.8) is 0 Å². The number of nitrogens with one attached hydrogen (secondary N) is 2. The number of hydrogen-bond donors (Lipinski definition) is 2. The Hall–Kier alpha value is -2.82. The van der Waals surface area contributed by atoms with Gasteiger partial charge in [-0.2, -0.15) is 0 Å². The van der Waals surface area contributed by atoms with E-state index in [9.17, 15) is 9.59 Å². The number of nitrogens with zero attached hydrogens (tertiary/aromatic N) is 1. The van der Waals surface area contributed by atoms with Crippen molar-refractivity contribution >= 4 is 28.9 Å². The molecule has 0 bridgehead atoms. The van der Waals surface area contributed by atoms with Crippen molar-refractivity contribution < 1.29 is 9.59 Å². The summed E-state index contributed by atoms with van der Waals surface area (Å²) < 4.78 is 0. The highest BCUT2D eigenvalue weighted by Crippen LogP contribution is 2.23. The van der Waals surface area contributed by atoms with Gasteiger partial charge < -0.3 is 15.5 Å². The number of Topliss-reactive ketones (excluding diaryl/α,β-unsaturated/α-hetero) is 1. The van der Waals surface area contributed by atoms with Crippen molar-refractivity contribution in [1.82, 2.24) is 0 Å². The van der Waals surface area contributed by atoms with E-state index in [-0.39, 0.29) is 11.8 Å². The summed E-state index contributed by atoms with van der Waals surface area (Å²) in [5, 5.41) is 5.63. The molecular formula is C20H25N3O2. The second-order valence-electron chi connectivity index (χ2n) is 5.88. The van der Waals surface area contributed by atoms with Crippen molar-refractivity contribution in [2.75, 3.05) is 28.6 Å². The average molecular weight is 339 g/mol. The molecule has 0 atom stereocenters. The van der Waals surface area contributed by atoms with Crippen LogP contribution in [0.25, 0.3) is 0 Å². The number of hydrogen-bond acceptors (Lipinski definition) is 3. The molecule has 0 aromatic heterocycles. The fourth-order valence-electron chi connectivity index (χ4n) is 2.65. The highest BCUT2D eigenvalue weighted by Gasteiger charge is 2.08. The Morgan fingerprint density at radius 3 is 2.12 bits per heavy atom. The van der Waals surface area contributed by atoms with Crippen LogP contribution in [0.1, 0.15) is 36.7 Å². The van der Waals surface area contributed by atoms with E-state index >= 15 is 0 Å². The Morgan fingerprint density at radius 2 is 1.60 bits per heavy atom. The molecular weight excluding hydrogens is 314 g/mol. The van der Waals surface area contributed by atoms with E-state index in [4.69, 9.17) is 0 Å². The van der Waals surface area contributed by atoms with Crippen LogP contribution in [0.3, 0.4) is 0 Å². The molecule has 0 aliphatic rings. The van der Waals surface area contributed by atoms with Gasteiger partial charge in [-0.1, -0.05) is 0 Å². The lowest BCUT2D eigenvalue weighted by atomic mass is 10.1. The molecule has 5 nitrogen and oxygen atoms in total. The van der Waals surface area contributed by atoms with Gasteiger partial charge in [0.15, 0.2) is 5.78 Å². The molecule has 2 amide bonds. The molecule has 25 heavy (non-hydrogen) atoms. The molecule has 2 rings (SSSR count). The van der Waals surface area contributed by atoms with Gasteiger partial charge in [-0.3, -0.25) is 4.79 Å². The molecule has 0 spiro atoms. The maximum atomic E-state index is 12.2. The summed E-state index contributed by atoms with van der Waals surface area (Å²) >= 11 is 0. The lowest BCUT2D eigenvalue weighted by Crippen LogP contribution is -2.22. The number of anilines is 3. The first kappa shape index (κ1) is 18.5. The summed E-state index contributed by atoms with van der Waals surface area (Å²) in [4.78, 5) is 25.7. The molecule has 0 unspecified atom stereocenters. The van der Waals surface area contributed by atoms with Gasteiger partial charge in [0.05, 0.1) is 0 Å². The van der Waals surface area contributed by atoms with E-state index in [0.29, 0.717) is 11.3 Å². The highest BCUT2D eigenvalue weighted by molar-refractivity contribution is 6.01. The molecule has 2 aromatic rings. The zero-order valence-electron chi connectivity index (χ0n) is 15.2. The number of carbonyl (C=O) groups is 2. The molecule has 5 heteroatoms. The first-order valence-electron chi connectivity index (χ1n) is 8.49. The van der Waals surface area contributed by atoms with Crippen molar-refractivity contribution in [2.45, 2.75) is 27.7 Å². The van der Waals surface area contributed by atoms with Gasteiger partial charge >= 0.3 is 6.03 Å². The van der Waals surface area contributed by atoms with Crippen LogP contribution in [-0.4, -0.2) is 24.9 Å². The molecule has 0 radical (unpaired) electrons. The maximum Gasteiger partial charge on any atom is 0.323 e. The SMILES string of the molecule is CCN(CC)c1ccc(NC(=O)Nc2ccc(C(C)=O)cc2)c(C)c1. The molecule has 0 aliphatic heterocycles. The number of rotatable bonds is 6. The smallest absolute Gasteiger partial charge is 0.323 e. The van der Waals surface area contributed by atoms with Crippen LogP contribution in [0.15, 0.2) is 42.5 Å². The van der Waals surface area contributed by atoms with E-state index in [1.54, 1.807) is 24.3 Å². The third-order valence-corrected chi connectivity index (χ3v) is 4.14. The Morgan fingerprint density at radius 1 is 0.960 bits per heavy atom. The Kier molecular flexibility index (Phi) is 6.17. The molecule has 0 saturated carbocycles. The monoisotopic (exact) mass is 339 g/mol. The van der Waals surface area contributed by atoms with Crippen molar-refractivity contribution in [3.8, 4) is 0 Å². The van der Waals surface area contributed by atoms with E-state index in [1.165, 1.54) is 6.92 Å². The summed E-state index contributed by atoms with van der Waals surface area (Å²) in [6, 6.07) is 12.5. The molecule has 0 fully saturated rings. The van der Waals surface area contributed by atoms with Crippen molar-refractivity contribution in [1.29, 1.82) is 0 Å². The first-order chi connectivity index (χ1) is 11.9. The lowest BCUT2D eigenvalue weighted by molar-refractivity contribution is 0.101. The van der Waals surface area contributed by atoms with Crippen molar-refractivity contribution in [2.24, 2.45) is 0 Å². The Bertz CT molecular complexity index is 750. The summed E-state index contributed by atoms with van der Waals surface area (Å²) in [6.07, 6.45) is 0. The minimum absolute atomic E-state index is 0.0000755. The number of ketones is 1. The summed E-state index contributed by atoms with van der Waals surface area (Å²) in [5.41, 5.74) is 4.18. The molecule has 0 heterocycles. The second kappa shape index (κ2) is 8.33. The number of amides is 2. The molecule has 132 valence electrons. The fourth-order valence-corrected chi connectivity index (χ4v) is 2.65. The predicted octanol–water partition coefficient (Wildman–Crippen LogP) is 4.69. The van der Waals surface area contributed by atoms with Crippen LogP contribution < -0.4 is 15.5 Å². The third kappa shape index (κ3) is 4.83.